The maximum atomic E-state index is 13.1. The number of hydrogen-bond acceptors (Lipinski definition) is 6. The Bertz CT molecular complexity index is 1550. The van der Waals surface area contributed by atoms with E-state index in [1.165, 1.54) is 17.6 Å². The van der Waals surface area contributed by atoms with Crippen LogP contribution >= 0.6 is 11.3 Å². The number of methoxy groups -OCH3 is 1. The van der Waals surface area contributed by atoms with Gasteiger partial charge in [-0.3, -0.25) is 4.79 Å². The van der Waals surface area contributed by atoms with E-state index in [-0.39, 0.29) is 10.5 Å². The van der Waals surface area contributed by atoms with Crippen molar-refractivity contribution in [2.24, 2.45) is 0 Å². The van der Waals surface area contributed by atoms with Crippen molar-refractivity contribution in [3.8, 4) is 17.7 Å². The second-order valence-corrected chi connectivity index (χ2v) is 10.8. The van der Waals surface area contributed by atoms with Gasteiger partial charge in [0, 0.05) is 35.8 Å². The van der Waals surface area contributed by atoms with E-state index >= 15 is 0 Å². The number of aryl methyl sites for hydroxylation is 1. The fourth-order valence-corrected chi connectivity index (χ4v) is 5.09. The summed E-state index contributed by atoms with van der Waals surface area (Å²) in [5.41, 5.74) is 2.77. The van der Waals surface area contributed by atoms with Crippen molar-refractivity contribution in [1.82, 2.24) is 9.55 Å². The predicted octanol–water partition coefficient (Wildman–Crippen LogP) is 3.82. The van der Waals surface area contributed by atoms with Crippen molar-refractivity contribution in [3.05, 3.63) is 86.8 Å². The van der Waals surface area contributed by atoms with Crippen LogP contribution in [0.5, 0.6) is 5.88 Å². The standard InChI is InChI=1S/C25H22N2O4S2/c1-17-15-27(16-19-7-9-21(10-8-19)33(3,29)30)25(28)22-14-20(32-24(17)22)6-4-5-18-11-12-26-23(13-18)31-2/h7-15H,5,16H2,1-3H3. The van der Waals surface area contributed by atoms with Crippen molar-refractivity contribution in [2.75, 3.05) is 13.4 Å². The van der Waals surface area contributed by atoms with Crippen molar-refractivity contribution in [1.29, 1.82) is 0 Å². The smallest absolute Gasteiger partial charge is 0.259 e. The average Bonchev–Trinajstić information content (AvgIpc) is 3.22. The normalized spacial score (nSPS) is 11.2. The minimum absolute atomic E-state index is 0.0917. The molecular weight excluding hydrogens is 456 g/mol. The van der Waals surface area contributed by atoms with Gasteiger partial charge in [-0.15, -0.1) is 11.3 Å². The highest BCUT2D eigenvalue weighted by Gasteiger charge is 2.11. The Balaban J connectivity index is 1.59. The molecule has 0 atom stereocenters. The van der Waals surface area contributed by atoms with Crippen LogP contribution in [0.25, 0.3) is 10.1 Å². The highest BCUT2D eigenvalue weighted by Crippen LogP contribution is 2.26. The third-order valence-electron chi connectivity index (χ3n) is 5.15. The Morgan fingerprint density at radius 2 is 1.88 bits per heavy atom. The Kier molecular flexibility index (Phi) is 6.36. The molecule has 3 aromatic heterocycles. The van der Waals surface area contributed by atoms with E-state index in [2.05, 4.69) is 16.8 Å². The maximum Gasteiger partial charge on any atom is 0.259 e. The van der Waals surface area contributed by atoms with E-state index in [0.717, 1.165) is 26.3 Å². The second kappa shape index (κ2) is 9.22. The van der Waals surface area contributed by atoms with E-state index in [0.29, 0.717) is 24.2 Å². The summed E-state index contributed by atoms with van der Waals surface area (Å²) in [6.07, 6.45) is 5.26. The number of thiophene rings is 1. The first-order valence-electron chi connectivity index (χ1n) is 10.1. The molecule has 0 aliphatic rings. The molecule has 0 spiro atoms. The number of fused-ring (bicyclic) bond motifs is 1. The number of hydrogen-bond donors (Lipinski definition) is 0. The molecule has 0 radical (unpaired) electrons. The Labute approximate surface area is 196 Å². The lowest BCUT2D eigenvalue weighted by molar-refractivity contribution is 0.397. The number of ether oxygens (including phenoxy) is 1. The molecule has 4 aromatic rings. The van der Waals surface area contributed by atoms with Crippen molar-refractivity contribution >= 4 is 31.3 Å². The van der Waals surface area contributed by atoms with Gasteiger partial charge >= 0.3 is 0 Å². The molecular formula is C25H22N2O4S2. The van der Waals surface area contributed by atoms with Gasteiger partial charge in [-0.25, -0.2) is 13.4 Å². The number of benzene rings is 1. The summed E-state index contributed by atoms with van der Waals surface area (Å²) >= 11 is 1.51. The third-order valence-corrected chi connectivity index (χ3v) is 7.46. The Morgan fingerprint density at radius 1 is 1.12 bits per heavy atom. The highest BCUT2D eigenvalue weighted by molar-refractivity contribution is 7.90. The van der Waals surface area contributed by atoms with Crippen LogP contribution in [0, 0.1) is 18.8 Å². The molecule has 0 saturated heterocycles. The van der Waals surface area contributed by atoms with Crippen LogP contribution < -0.4 is 10.3 Å². The zero-order valence-corrected chi connectivity index (χ0v) is 20.1. The molecule has 8 heteroatoms. The zero-order valence-electron chi connectivity index (χ0n) is 18.5. The zero-order chi connectivity index (χ0) is 23.6. The van der Waals surface area contributed by atoms with Gasteiger partial charge in [0.1, 0.15) is 0 Å². The molecule has 0 amide bonds. The topological polar surface area (TPSA) is 78.3 Å². The van der Waals surface area contributed by atoms with Gasteiger partial charge < -0.3 is 9.30 Å². The van der Waals surface area contributed by atoms with Gasteiger partial charge in [0.25, 0.3) is 5.56 Å². The van der Waals surface area contributed by atoms with Gasteiger partial charge in [-0.2, -0.15) is 0 Å². The molecule has 33 heavy (non-hydrogen) atoms. The van der Waals surface area contributed by atoms with Crippen molar-refractivity contribution in [3.63, 3.8) is 0 Å². The maximum absolute atomic E-state index is 13.1. The minimum atomic E-state index is -3.25. The highest BCUT2D eigenvalue weighted by atomic mass is 32.2. The predicted molar refractivity (Wildman–Crippen MR) is 131 cm³/mol. The number of rotatable bonds is 5. The fourth-order valence-electron chi connectivity index (χ4n) is 3.47. The summed E-state index contributed by atoms with van der Waals surface area (Å²) in [5.74, 6) is 6.88. The average molecular weight is 479 g/mol. The van der Waals surface area contributed by atoms with Crippen LogP contribution in [0.4, 0.5) is 0 Å². The summed E-state index contributed by atoms with van der Waals surface area (Å²) in [4.78, 5) is 18.3. The first kappa shape index (κ1) is 22.8. The number of sulfone groups is 1. The summed E-state index contributed by atoms with van der Waals surface area (Å²) in [5, 5.41) is 0.641. The van der Waals surface area contributed by atoms with Crippen LogP contribution in [0.15, 0.2) is 64.5 Å². The molecule has 3 heterocycles. The Hall–Kier alpha value is -3.41. The lowest BCUT2D eigenvalue weighted by Crippen LogP contribution is -2.20. The van der Waals surface area contributed by atoms with Gasteiger partial charge in [0.05, 0.1) is 28.8 Å². The summed E-state index contributed by atoms with van der Waals surface area (Å²) in [6, 6.07) is 12.2. The van der Waals surface area contributed by atoms with E-state index in [4.69, 9.17) is 4.74 Å². The van der Waals surface area contributed by atoms with Crippen LogP contribution in [-0.4, -0.2) is 31.3 Å². The van der Waals surface area contributed by atoms with Crippen LogP contribution in [0.1, 0.15) is 21.6 Å². The quantitative estimate of drug-likeness (QED) is 0.408. The molecule has 4 rings (SSSR count). The van der Waals surface area contributed by atoms with Gasteiger partial charge in [0.15, 0.2) is 9.84 Å². The van der Waals surface area contributed by atoms with E-state index in [1.807, 2.05) is 31.3 Å². The fraction of sp³-hybridized carbons (Fsp3) is 0.200. The van der Waals surface area contributed by atoms with Crippen LogP contribution in [-0.2, 0) is 22.8 Å². The molecule has 6 nitrogen and oxygen atoms in total. The molecule has 0 N–H and O–H groups in total. The first-order chi connectivity index (χ1) is 15.7. The molecule has 0 aliphatic heterocycles. The van der Waals surface area contributed by atoms with Crippen LogP contribution in [0.3, 0.4) is 0 Å². The molecule has 0 fully saturated rings. The lowest BCUT2D eigenvalue weighted by Gasteiger charge is -2.08. The first-order valence-corrected chi connectivity index (χ1v) is 12.9. The summed E-state index contributed by atoms with van der Waals surface area (Å²) < 4.78 is 31.0. The van der Waals surface area contributed by atoms with Gasteiger partial charge in [0.2, 0.25) is 5.88 Å². The van der Waals surface area contributed by atoms with Crippen molar-refractivity contribution in [2.45, 2.75) is 24.8 Å². The molecule has 0 unspecified atom stereocenters. The second-order valence-electron chi connectivity index (χ2n) is 7.70. The molecule has 168 valence electrons. The number of pyridine rings is 2. The van der Waals surface area contributed by atoms with Crippen molar-refractivity contribution < 1.29 is 13.2 Å². The molecule has 1 aromatic carbocycles. The number of aromatic nitrogens is 2. The molecule has 0 saturated carbocycles. The SMILES string of the molecule is COc1cc(CC#Cc2cc3c(=O)n(Cc4ccc(S(C)(=O)=O)cc4)cc(C)c3s2)ccn1. The van der Waals surface area contributed by atoms with Crippen LogP contribution in [0.2, 0.25) is 0 Å². The monoisotopic (exact) mass is 478 g/mol. The summed E-state index contributed by atoms with van der Waals surface area (Å²) in [7, 11) is -1.67. The lowest BCUT2D eigenvalue weighted by atomic mass is 10.2. The Morgan fingerprint density at radius 3 is 2.58 bits per heavy atom. The molecule has 0 bridgehead atoms. The van der Waals surface area contributed by atoms with E-state index in [1.54, 1.807) is 42.1 Å². The number of nitrogens with zero attached hydrogens (tertiary/aromatic N) is 2. The molecule has 0 aliphatic carbocycles. The van der Waals surface area contributed by atoms with E-state index in [9.17, 15) is 13.2 Å². The van der Waals surface area contributed by atoms with Gasteiger partial charge in [-0.05, 0) is 47.9 Å². The minimum Gasteiger partial charge on any atom is -0.481 e. The summed E-state index contributed by atoms with van der Waals surface area (Å²) in [6.45, 7) is 2.34. The largest absolute Gasteiger partial charge is 0.481 e. The van der Waals surface area contributed by atoms with E-state index < -0.39 is 9.84 Å². The van der Waals surface area contributed by atoms with Gasteiger partial charge in [-0.1, -0.05) is 24.0 Å². The third kappa shape index (κ3) is 5.16.